The average molecular weight is 428 g/mol. The summed E-state index contributed by atoms with van der Waals surface area (Å²) in [7, 11) is 0. The second kappa shape index (κ2) is 8.44. The summed E-state index contributed by atoms with van der Waals surface area (Å²) in [5.41, 5.74) is 0.692. The molecule has 1 amide bonds. The number of halogens is 2. The van der Waals surface area contributed by atoms with E-state index in [4.69, 9.17) is 27.9 Å². The van der Waals surface area contributed by atoms with Gasteiger partial charge in [0, 0.05) is 23.7 Å². The molecule has 0 N–H and O–H groups in total. The van der Waals surface area contributed by atoms with E-state index >= 15 is 0 Å². The van der Waals surface area contributed by atoms with Crippen molar-refractivity contribution in [3.8, 4) is 5.75 Å². The lowest BCUT2D eigenvalue weighted by Crippen LogP contribution is -2.41. The number of amides is 1. The molecule has 3 aromatic carbocycles. The van der Waals surface area contributed by atoms with E-state index in [0.29, 0.717) is 47.3 Å². The second-order valence-electron chi connectivity index (χ2n) is 7.09. The fourth-order valence-corrected chi connectivity index (χ4v) is 4.10. The van der Waals surface area contributed by atoms with Crippen molar-refractivity contribution in [1.29, 1.82) is 0 Å². The van der Waals surface area contributed by atoms with Crippen molar-refractivity contribution in [2.45, 2.75) is 12.8 Å². The molecule has 0 aliphatic carbocycles. The zero-order valence-electron chi connectivity index (χ0n) is 15.6. The highest BCUT2D eigenvalue weighted by molar-refractivity contribution is 6.35. The van der Waals surface area contributed by atoms with E-state index in [-0.39, 0.29) is 17.8 Å². The lowest BCUT2D eigenvalue weighted by Gasteiger charge is -2.31. The quantitative estimate of drug-likeness (QED) is 0.403. The summed E-state index contributed by atoms with van der Waals surface area (Å²) < 4.78 is 5.44. The number of rotatable bonds is 3. The van der Waals surface area contributed by atoms with Crippen LogP contribution in [0.4, 0.5) is 0 Å². The van der Waals surface area contributed by atoms with Crippen LogP contribution in [0, 0.1) is 5.92 Å². The minimum Gasteiger partial charge on any atom is -0.425 e. The number of carbonyl (C=O) groups is 2. The molecule has 0 radical (unpaired) electrons. The van der Waals surface area contributed by atoms with Gasteiger partial charge in [0.05, 0.1) is 10.9 Å². The third-order valence-corrected chi connectivity index (χ3v) is 5.77. The summed E-state index contributed by atoms with van der Waals surface area (Å²) in [5, 5.41) is 2.76. The van der Waals surface area contributed by atoms with Gasteiger partial charge >= 0.3 is 5.97 Å². The average Bonchev–Trinajstić information content (AvgIpc) is 2.75. The summed E-state index contributed by atoms with van der Waals surface area (Å²) in [6.45, 7) is 1.02. The molecule has 0 atom stereocenters. The molecule has 0 spiro atoms. The zero-order valence-corrected chi connectivity index (χ0v) is 17.1. The maximum absolute atomic E-state index is 13.0. The number of hydrogen-bond acceptors (Lipinski definition) is 3. The first-order chi connectivity index (χ1) is 14.0. The molecule has 0 unspecified atom stereocenters. The molecule has 0 aromatic heterocycles. The van der Waals surface area contributed by atoms with E-state index in [0.717, 1.165) is 10.8 Å². The minimum atomic E-state index is -0.327. The molecule has 0 bridgehead atoms. The highest BCUT2D eigenvalue weighted by Crippen LogP contribution is 2.30. The van der Waals surface area contributed by atoms with Crippen molar-refractivity contribution >= 4 is 45.9 Å². The van der Waals surface area contributed by atoms with Gasteiger partial charge in [-0.15, -0.1) is 0 Å². The van der Waals surface area contributed by atoms with E-state index in [1.165, 1.54) is 6.07 Å². The molecule has 4 nitrogen and oxygen atoms in total. The Balaban J connectivity index is 1.41. The van der Waals surface area contributed by atoms with Crippen molar-refractivity contribution in [3.05, 3.63) is 76.3 Å². The van der Waals surface area contributed by atoms with Crippen LogP contribution >= 0.6 is 23.2 Å². The Kier molecular flexibility index (Phi) is 5.74. The van der Waals surface area contributed by atoms with E-state index in [1.807, 2.05) is 42.5 Å². The number of nitrogens with zero attached hydrogens (tertiary/aromatic N) is 1. The minimum absolute atomic E-state index is 0.00522. The molecule has 4 rings (SSSR count). The molecule has 6 heteroatoms. The summed E-state index contributed by atoms with van der Waals surface area (Å²) in [6, 6.07) is 18.3. The number of benzene rings is 3. The Morgan fingerprint density at radius 1 is 0.931 bits per heavy atom. The lowest BCUT2D eigenvalue weighted by atomic mass is 9.95. The van der Waals surface area contributed by atoms with Crippen molar-refractivity contribution < 1.29 is 14.3 Å². The number of esters is 1. The summed E-state index contributed by atoms with van der Waals surface area (Å²) >= 11 is 12.0. The summed E-state index contributed by atoms with van der Waals surface area (Å²) in [5.74, 6) is -0.297. The highest BCUT2D eigenvalue weighted by atomic mass is 35.5. The fraction of sp³-hybridized carbons (Fsp3) is 0.217. The normalized spacial score (nSPS) is 14.8. The molecule has 1 aliphatic rings. The number of carbonyl (C=O) groups excluding carboxylic acids is 2. The molecule has 3 aromatic rings. The number of fused-ring (bicyclic) bond motifs is 1. The van der Waals surface area contributed by atoms with Gasteiger partial charge in [0.15, 0.2) is 0 Å². The Labute approximate surface area is 179 Å². The predicted octanol–water partition coefficient (Wildman–Crippen LogP) is 5.60. The SMILES string of the molecule is O=C(Oc1ccc(Cl)cc1Cl)C1CCN(C(=O)c2cccc3ccccc23)CC1. The van der Waals surface area contributed by atoms with E-state index < -0.39 is 0 Å². The first kappa shape index (κ1) is 19.7. The highest BCUT2D eigenvalue weighted by Gasteiger charge is 2.30. The number of hydrogen-bond donors (Lipinski definition) is 0. The number of ether oxygens (including phenoxy) is 1. The van der Waals surface area contributed by atoms with Crippen LogP contribution in [0.3, 0.4) is 0 Å². The van der Waals surface area contributed by atoms with Gasteiger partial charge in [0.1, 0.15) is 5.75 Å². The van der Waals surface area contributed by atoms with Gasteiger partial charge in [-0.2, -0.15) is 0 Å². The monoisotopic (exact) mass is 427 g/mol. The third-order valence-electron chi connectivity index (χ3n) is 5.24. The Hall–Kier alpha value is -2.56. The van der Waals surface area contributed by atoms with E-state index in [2.05, 4.69) is 0 Å². The first-order valence-electron chi connectivity index (χ1n) is 9.47. The smallest absolute Gasteiger partial charge is 0.314 e. The van der Waals surface area contributed by atoms with Crippen LogP contribution in [-0.4, -0.2) is 29.9 Å². The zero-order chi connectivity index (χ0) is 20.4. The van der Waals surface area contributed by atoms with Crippen molar-refractivity contribution in [2.75, 3.05) is 13.1 Å². The summed E-state index contributed by atoms with van der Waals surface area (Å²) in [6.07, 6.45) is 1.11. The Bertz CT molecular complexity index is 1070. The van der Waals surface area contributed by atoms with Crippen LogP contribution in [0.2, 0.25) is 10.0 Å². The third kappa shape index (κ3) is 4.24. The van der Waals surface area contributed by atoms with Crippen molar-refractivity contribution in [2.24, 2.45) is 5.92 Å². The van der Waals surface area contributed by atoms with Crippen LogP contribution in [0.1, 0.15) is 23.2 Å². The van der Waals surface area contributed by atoms with E-state index in [1.54, 1.807) is 17.0 Å². The maximum atomic E-state index is 13.0. The summed E-state index contributed by atoms with van der Waals surface area (Å²) in [4.78, 5) is 27.4. The van der Waals surface area contributed by atoms with Gasteiger partial charge in [-0.25, -0.2) is 0 Å². The van der Waals surface area contributed by atoms with Gasteiger partial charge in [0.25, 0.3) is 5.91 Å². The van der Waals surface area contributed by atoms with Gasteiger partial charge in [-0.05, 0) is 47.9 Å². The number of likely N-dealkylation sites (tertiary alicyclic amines) is 1. The van der Waals surface area contributed by atoms with Crippen LogP contribution in [0.15, 0.2) is 60.7 Å². The largest absolute Gasteiger partial charge is 0.425 e. The lowest BCUT2D eigenvalue weighted by molar-refractivity contribution is -0.140. The second-order valence-corrected chi connectivity index (χ2v) is 7.93. The molecule has 0 saturated carbocycles. The maximum Gasteiger partial charge on any atom is 0.314 e. The number of piperidine rings is 1. The molecular weight excluding hydrogens is 409 g/mol. The molecule has 1 fully saturated rings. The predicted molar refractivity (Wildman–Crippen MR) is 115 cm³/mol. The molecule has 1 aliphatic heterocycles. The van der Waals surface area contributed by atoms with Crippen LogP contribution in [0.25, 0.3) is 10.8 Å². The van der Waals surface area contributed by atoms with E-state index in [9.17, 15) is 9.59 Å². The van der Waals surface area contributed by atoms with Gasteiger partial charge in [0.2, 0.25) is 0 Å². The Morgan fingerprint density at radius 2 is 1.66 bits per heavy atom. The first-order valence-corrected chi connectivity index (χ1v) is 10.2. The van der Waals surface area contributed by atoms with Crippen molar-refractivity contribution in [1.82, 2.24) is 4.90 Å². The molecule has 1 saturated heterocycles. The molecule has 148 valence electrons. The van der Waals surface area contributed by atoms with Gasteiger partial charge < -0.3 is 9.64 Å². The topological polar surface area (TPSA) is 46.6 Å². The van der Waals surface area contributed by atoms with Crippen LogP contribution in [0.5, 0.6) is 5.75 Å². The molecule has 29 heavy (non-hydrogen) atoms. The fourth-order valence-electron chi connectivity index (χ4n) is 3.65. The van der Waals surface area contributed by atoms with Crippen molar-refractivity contribution in [3.63, 3.8) is 0 Å². The standard InChI is InChI=1S/C23H19Cl2NO3/c24-17-8-9-21(20(25)14-17)29-23(28)16-10-12-26(13-11-16)22(27)19-7-3-5-15-4-1-2-6-18(15)19/h1-9,14,16H,10-13H2. The van der Waals surface area contributed by atoms with Gasteiger partial charge in [-0.3, -0.25) is 9.59 Å². The Morgan fingerprint density at radius 3 is 2.41 bits per heavy atom. The van der Waals surface area contributed by atoms with Gasteiger partial charge in [-0.1, -0.05) is 59.6 Å². The molecule has 1 heterocycles. The van der Waals surface area contributed by atoms with Crippen LogP contribution < -0.4 is 4.74 Å². The molecular formula is C23H19Cl2NO3. The van der Waals surface area contributed by atoms with Crippen LogP contribution in [-0.2, 0) is 4.79 Å².